The van der Waals surface area contributed by atoms with E-state index in [0.717, 1.165) is 10.2 Å². The van der Waals surface area contributed by atoms with Crippen molar-refractivity contribution in [2.24, 2.45) is 5.73 Å². The summed E-state index contributed by atoms with van der Waals surface area (Å²) in [5, 5.41) is 0. The number of nitrogens with two attached hydrogens (primary N) is 1. The molecule has 0 saturated carbocycles. The summed E-state index contributed by atoms with van der Waals surface area (Å²) in [5.74, 6) is 0.885. The highest BCUT2D eigenvalue weighted by molar-refractivity contribution is 9.10. The number of hydrogen-bond donors (Lipinski definition) is 1. The Kier molecular flexibility index (Phi) is 5.77. The van der Waals surface area contributed by atoms with Crippen molar-refractivity contribution in [3.8, 4) is 0 Å². The summed E-state index contributed by atoms with van der Waals surface area (Å²) < 4.78 is 0.815. The standard InChI is InChI=1S/C21H20BrNS/c22-20-13-7-12-19(16-20)21(24-15-14-23,17-8-3-1-4-9-17)18-10-5-2-6-11-18/h1-13,16H,14-15,23H2. The van der Waals surface area contributed by atoms with Gasteiger partial charge in [-0.15, -0.1) is 11.8 Å². The Bertz CT molecular complexity index is 735. The largest absolute Gasteiger partial charge is 0.330 e. The van der Waals surface area contributed by atoms with Crippen LogP contribution in [0.25, 0.3) is 0 Å². The van der Waals surface area contributed by atoms with Gasteiger partial charge < -0.3 is 5.73 Å². The maximum atomic E-state index is 5.87. The zero-order valence-corrected chi connectivity index (χ0v) is 15.8. The van der Waals surface area contributed by atoms with E-state index in [2.05, 4.69) is 101 Å². The van der Waals surface area contributed by atoms with Crippen molar-refractivity contribution in [2.75, 3.05) is 12.3 Å². The first-order valence-electron chi connectivity index (χ1n) is 7.98. The molecule has 0 aliphatic rings. The lowest BCUT2D eigenvalue weighted by molar-refractivity contribution is 0.891. The maximum Gasteiger partial charge on any atom is 0.0907 e. The number of thioether (sulfide) groups is 1. The molecule has 24 heavy (non-hydrogen) atoms. The third kappa shape index (κ3) is 3.44. The molecule has 0 heterocycles. The normalized spacial score (nSPS) is 11.4. The van der Waals surface area contributed by atoms with E-state index < -0.39 is 0 Å². The van der Waals surface area contributed by atoms with Gasteiger partial charge >= 0.3 is 0 Å². The molecule has 0 aromatic heterocycles. The lowest BCUT2D eigenvalue weighted by atomic mass is 9.84. The van der Waals surface area contributed by atoms with E-state index in [0.29, 0.717) is 6.54 Å². The van der Waals surface area contributed by atoms with Gasteiger partial charge in [0.2, 0.25) is 0 Å². The Balaban J connectivity index is 2.28. The minimum Gasteiger partial charge on any atom is -0.330 e. The Morgan fingerprint density at radius 2 is 1.29 bits per heavy atom. The molecule has 0 fully saturated rings. The summed E-state index contributed by atoms with van der Waals surface area (Å²) in [6.45, 7) is 0.653. The first-order valence-corrected chi connectivity index (χ1v) is 9.76. The molecule has 0 aliphatic heterocycles. The third-order valence-electron chi connectivity index (χ3n) is 4.03. The van der Waals surface area contributed by atoms with Crippen LogP contribution in [-0.4, -0.2) is 12.3 Å². The quantitative estimate of drug-likeness (QED) is 0.560. The molecule has 3 aromatic rings. The van der Waals surface area contributed by atoms with Crippen molar-refractivity contribution in [3.63, 3.8) is 0 Å². The molecule has 122 valence electrons. The molecule has 0 atom stereocenters. The molecule has 0 aliphatic carbocycles. The fourth-order valence-electron chi connectivity index (χ4n) is 3.02. The summed E-state index contributed by atoms with van der Waals surface area (Å²) in [6, 6.07) is 30.0. The average molecular weight is 398 g/mol. The van der Waals surface area contributed by atoms with Gasteiger partial charge in [0, 0.05) is 16.8 Å². The van der Waals surface area contributed by atoms with E-state index in [1.54, 1.807) is 0 Å². The number of halogens is 1. The predicted octanol–water partition coefficient (Wildman–Crippen LogP) is 5.43. The van der Waals surface area contributed by atoms with Gasteiger partial charge in [-0.25, -0.2) is 0 Å². The van der Waals surface area contributed by atoms with Crippen molar-refractivity contribution < 1.29 is 0 Å². The van der Waals surface area contributed by atoms with Gasteiger partial charge in [0.05, 0.1) is 4.75 Å². The fourth-order valence-corrected chi connectivity index (χ4v) is 4.74. The second-order valence-corrected chi connectivity index (χ2v) is 7.79. The summed E-state index contributed by atoms with van der Waals surface area (Å²) in [4.78, 5) is 0. The van der Waals surface area contributed by atoms with E-state index in [9.17, 15) is 0 Å². The molecule has 0 radical (unpaired) electrons. The fraction of sp³-hybridized carbons (Fsp3) is 0.143. The second kappa shape index (κ2) is 8.02. The van der Waals surface area contributed by atoms with E-state index in [4.69, 9.17) is 5.73 Å². The van der Waals surface area contributed by atoms with E-state index >= 15 is 0 Å². The van der Waals surface area contributed by atoms with Gasteiger partial charge in [0.1, 0.15) is 0 Å². The van der Waals surface area contributed by atoms with Crippen LogP contribution in [0.3, 0.4) is 0 Å². The van der Waals surface area contributed by atoms with Crippen LogP contribution in [-0.2, 0) is 4.75 Å². The Hall–Kier alpha value is -1.55. The van der Waals surface area contributed by atoms with Gasteiger partial charge in [-0.3, -0.25) is 0 Å². The first kappa shape index (κ1) is 17.3. The molecule has 3 aromatic carbocycles. The highest BCUT2D eigenvalue weighted by Gasteiger charge is 2.36. The number of hydrogen-bond acceptors (Lipinski definition) is 2. The smallest absolute Gasteiger partial charge is 0.0907 e. The van der Waals surface area contributed by atoms with Crippen LogP contribution in [0.4, 0.5) is 0 Å². The average Bonchev–Trinajstić information content (AvgIpc) is 2.64. The highest BCUT2D eigenvalue weighted by atomic mass is 79.9. The molecule has 0 saturated heterocycles. The Morgan fingerprint density at radius 1 is 0.750 bits per heavy atom. The van der Waals surface area contributed by atoms with Crippen LogP contribution < -0.4 is 5.73 Å². The molecule has 3 heteroatoms. The van der Waals surface area contributed by atoms with Crippen LogP contribution >= 0.6 is 27.7 Å². The van der Waals surface area contributed by atoms with Gasteiger partial charge in [-0.2, -0.15) is 0 Å². The summed E-state index contributed by atoms with van der Waals surface area (Å²) in [6.07, 6.45) is 0. The zero-order valence-electron chi connectivity index (χ0n) is 13.4. The van der Waals surface area contributed by atoms with E-state index in [-0.39, 0.29) is 4.75 Å². The molecule has 0 bridgehead atoms. The monoisotopic (exact) mass is 397 g/mol. The highest BCUT2D eigenvalue weighted by Crippen LogP contribution is 2.48. The van der Waals surface area contributed by atoms with Crippen LogP contribution in [0.15, 0.2) is 89.4 Å². The van der Waals surface area contributed by atoms with Crippen LogP contribution in [0, 0.1) is 0 Å². The molecular formula is C21H20BrNS. The Labute approximate surface area is 156 Å². The van der Waals surface area contributed by atoms with Gasteiger partial charge in [0.25, 0.3) is 0 Å². The topological polar surface area (TPSA) is 26.0 Å². The van der Waals surface area contributed by atoms with Crippen molar-refractivity contribution in [2.45, 2.75) is 4.75 Å². The summed E-state index contributed by atoms with van der Waals surface area (Å²) in [7, 11) is 0. The summed E-state index contributed by atoms with van der Waals surface area (Å²) in [5.41, 5.74) is 9.67. The molecule has 1 nitrogen and oxygen atoms in total. The molecule has 0 spiro atoms. The SMILES string of the molecule is NCCSC(c1ccccc1)(c1ccccc1)c1cccc(Br)c1. The number of rotatable bonds is 6. The van der Waals surface area contributed by atoms with E-state index in [1.165, 1.54) is 16.7 Å². The van der Waals surface area contributed by atoms with Crippen LogP contribution in [0.5, 0.6) is 0 Å². The predicted molar refractivity (Wildman–Crippen MR) is 108 cm³/mol. The second-order valence-electron chi connectivity index (χ2n) is 5.56. The lowest BCUT2D eigenvalue weighted by Gasteiger charge is -2.35. The zero-order chi connectivity index (χ0) is 16.8. The van der Waals surface area contributed by atoms with Gasteiger partial charge in [0.15, 0.2) is 0 Å². The van der Waals surface area contributed by atoms with Crippen molar-refractivity contribution in [3.05, 3.63) is 106 Å². The Morgan fingerprint density at radius 3 is 1.79 bits per heavy atom. The molecule has 0 amide bonds. The van der Waals surface area contributed by atoms with Crippen molar-refractivity contribution in [1.29, 1.82) is 0 Å². The van der Waals surface area contributed by atoms with E-state index in [1.807, 2.05) is 11.8 Å². The van der Waals surface area contributed by atoms with Gasteiger partial charge in [-0.05, 0) is 28.8 Å². The minimum atomic E-state index is -0.272. The first-order chi connectivity index (χ1) is 11.8. The van der Waals surface area contributed by atoms with Crippen molar-refractivity contribution >= 4 is 27.7 Å². The van der Waals surface area contributed by atoms with Gasteiger partial charge in [-0.1, -0.05) is 88.7 Å². The molecule has 3 rings (SSSR count). The minimum absolute atomic E-state index is 0.272. The lowest BCUT2D eigenvalue weighted by Crippen LogP contribution is -2.27. The number of benzene rings is 3. The van der Waals surface area contributed by atoms with Crippen LogP contribution in [0.1, 0.15) is 16.7 Å². The molecular weight excluding hydrogens is 378 g/mol. The maximum absolute atomic E-state index is 5.87. The molecule has 0 unspecified atom stereocenters. The molecule has 2 N–H and O–H groups in total. The third-order valence-corrected chi connectivity index (χ3v) is 6.10. The van der Waals surface area contributed by atoms with Crippen molar-refractivity contribution in [1.82, 2.24) is 0 Å². The van der Waals surface area contributed by atoms with Crippen LogP contribution in [0.2, 0.25) is 0 Å². The summed E-state index contributed by atoms with van der Waals surface area (Å²) >= 11 is 5.53.